The normalized spacial score (nSPS) is 10.2. The molecular formula is C16H21N3. The Bertz CT molecular complexity index is 496. The van der Waals surface area contributed by atoms with Crippen LogP contribution in [0.3, 0.4) is 0 Å². The van der Waals surface area contributed by atoms with E-state index in [2.05, 4.69) is 41.5 Å². The second-order valence-corrected chi connectivity index (χ2v) is 4.66. The average Bonchev–Trinajstić information content (AvgIpc) is 2.44. The van der Waals surface area contributed by atoms with Crippen LogP contribution in [0.2, 0.25) is 0 Å². The third-order valence-corrected chi connectivity index (χ3v) is 3.08. The number of nitrogens with one attached hydrogen (secondary N) is 1. The molecule has 0 radical (unpaired) electrons. The van der Waals surface area contributed by atoms with Crippen LogP contribution in [0.5, 0.6) is 0 Å². The predicted molar refractivity (Wildman–Crippen MR) is 83.7 cm³/mol. The van der Waals surface area contributed by atoms with Crippen molar-refractivity contribution >= 4 is 17.1 Å². The van der Waals surface area contributed by atoms with E-state index in [-0.39, 0.29) is 0 Å². The molecule has 2 aromatic carbocycles. The van der Waals surface area contributed by atoms with Gasteiger partial charge in [0.1, 0.15) is 0 Å². The van der Waals surface area contributed by atoms with Gasteiger partial charge >= 0.3 is 0 Å². The predicted octanol–water partition coefficient (Wildman–Crippen LogP) is 3.21. The second kappa shape index (κ2) is 6.69. The zero-order valence-electron chi connectivity index (χ0n) is 11.3. The lowest BCUT2D eigenvalue weighted by molar-refractivity contribution is 0.816. The first-order valence-electron chi connectivity index (χ1n) is 6.61. The van der Waals surface area contributed by atoms with Crippen molar-refractivity contribution in [2.45, 2.75) is 6.42 Å². The summed E-state index contributed by atoms with van der Waals surface area (Å²) in [4.78, 5) is 2.26. The summed E-state index contributed by atoms with van der Waals surface area (Å²) in [5.41, 5.74) is 8.88. The summed E-state index contributed by atoms with van der Waals surface area (Å²) >= 11 is 0. The van der Waals surface area contributed by atoms with Crippen molar-refractivity contribution in [2.24, 2.45) is 0 Å². The largest absolute Gasteiger partial charge is 0.399 e. The number of para-hydroxylation sites is 1. The maximum atomic E-state index is 5.74. The monoisotopic (exact) mass is 255 g/mol. The summed E-state index contributed by atoms with van der Waals surface area (Å²) in [6.07, 6.45) is 1.08. The smallest absolute Gasteiger partial charge is 0.0363 e. The van der Waals surface area contributed by atoms with E-state index in [0.717, 1.165) is 30.9 Å². The highest BCUT2D eigenvalue weighted by Crippen LogP contribution is 2.13. The van der Waals surface area contributed by atoms with E-state index in [0.29, 0.717) is 0 Å². The molecule has 0 heterocycles. The topological polar surface area (TPSA) is 41.3 Å². The summed E-state index contributed by atoms with van der Waals surface area (Å²) < 4.78 is 0. The van der Waals surface area contributed by atoms with Crippen molar-refractivity contribution in [1.82, 2.24) is 0 Å². The Morgan fingerprint density at radius 2 is 1.84 bits per heavy atom. The number of nitrogens with zero attached hydrogens (tertiary/aromatic N) is 1. The summed E-state index contributed by atoms with van der Waals surface area (Å²) in [6.45, 7) is 1.97. The lowest BCUT2D eigenvalue weighted by atomic mass is 10.2. The molecule has 0 aliphatic carbocycles. The number of nitrogen functional groups attached to an aromatic ring is 1. The highest BCUT2D eigenvalue weighted by atomic mass is 15.1. The minimum absolute atomic E-state index is 0.798. The lowest BCUT2D eigenvalue weighted by Crippen LogP contribution is -2.20. The highest BCUT2D eigenvalue weighted by Gasteiger charge is 1.99. The molecule has 0 aromatic heterocycles. The van der Waals surface area contributed by atoms with E-state index in [1.807, 2.05) is 30.3 Å². The van der Waals surface area contributed by atoms with Gasteiger partial charge in [-0.2, -0.15) is 0 Å². The summed E-state index contributed by atoms with van der Waals surface area (Å²) in [7, 11) is 2.12. The van der Waals surface area contributed by atoms with Gasteiger partial charge in [0.25, 0.3) is 0 Å². The molecule has 0 unspecified atom stereocenters. The Labute approximate surface area is 115 Å². The molecule has 0 atom stereocenters. The Balaban J connectivity index is 1.72. The molecule has 0 spiro atoms. The fourth-order valence-corrected chi connectivity index (χ4v) is 2.01. The first-order valence-corrected chi connectivity index (χ1v) is 6.61. The number of benzene rings is 2. The number of hydrogen-bond donors (Lipinski definition) is 2. The number of rotatable bonds is 6. The lowest BCUT2D eigenvalue weighted by Gasteiger charge is -2.19. The van der Waals surface area contributed by atoms with Crippen molar-refractivity contribution in [2.75, 3.05) is 36.1 Å². The zero-order chi connectivity index (χ0) is 13.5. The molecule has 0 bridgehead atoms. The SMILES string of the molecule is CN(CCCNc1cccc(N)c1)c1ccccc1. The Kier molecular flexibility index (Phi) is 4.67. The van der Waals surface area contributed by atoms with Crippen LogP contribution >= 0.6 is 0 Å². The number of nitrogens with two attached hydrogens (primary N) is 1. The van der Waals surface area contributed by atoms with E-state index >= 15 is 0 Å². The molecule has 0 saturated heterocycles. The van der Waals surface area contributed by atoms with Crippen LogP contribution in [0, 0.1) is 0 Å². The van der Waals surface area contributed by atoms with Crippen LogP contribution in [-0.4, -0.2) is 20.1 Å². The van der Waals surface area contributed by atoms with Gasteiger partial charge in [-0.15, -0.1) is 0 Å². The van der Waals surface area contributed by atoms with Crippen molar-refractivity contribution in [3.8, 4) is 0 Å². The number of anilines is 3. The van der Waals surface area contributed by atoms with Crippen LogP contribution in [0.1, 0.15) is 6.42 Å². The van der Waals surface area contributed by atoms with Crippen molar-refractivity contribution in [1.29, 1.82) is 0 Å². The van der Waals surface area contributed by atoms with Crippen LogP contribution in [-0.2, 0) is 0 Å². The Hall–Kier alpha value is -2.16. The van der Waals surface area contributed by atoms with Gasteiger partial charge < -0.3 is 16.0 Å². The maximum absolute atomic E-state index is 5.74. The molecule has 0 saturated carbocycles. The van der Waals surface area contributed by atoms with Gasteiger partial charge in [-0.05, 0) is 36.8 Å². The molecule has 0 aliphatic rings. The van der Waals surface area contributed by atoms with E-state index in [1.54, 1.807) is 0 Å². The minimum Gasteiger partial charge on any atom is -0.399 e. The maximum Gasteiger partial charge on any atom is 0.0363 e. The first-order chi connectivity index (χ1) is 9.25. The van der Waals surface area contributed by atoms with Crippen LogP contribution in [0.25, 0.3) is 0 Å². The quantitative estimate of drug-likeness (QED) is 0.615. The third-order valence-electron chi connectivity index (χ3n) is 3.08. The summed E-state index contributed by atoms with van der Waals surface area (Å²) in [6, 6.07) is 18.3. The molecule has 100 valence electrons. The summed E-state index contributed by atoms with van der Waals surface area (Å²) in [5.74, 6) is 0. The van der Waals surface area contributed by atoms with Gasteiger partial charge in [-0.3, -0.25) is 0 Å². The molecule has 2 aromatic rings. The van der Waals surface area contributed by atoms with E-state index in [9.17, 15) is 0 Å². The number of hydrogen-bond acceptors (Lipinski definition) is 3. The first kappa shape index (κ1) is 13.3. The fourth-order valence-electron chi connectivity index (χ4n) is 2.01. The van der Waals surface area contributed by atoms with Crippen molar-refractivity contribution < 1.29 is 0 Å². The minimum atomic E-state index is 0.798. The van der Waals surface area contributed by atoms with Gasteiger partial charge in [0.15, 0.2) is 0 Å². The molecule has 3 nitrogen and oxygen atoms in total. The molecule has 3 heteroatoms. The van der Waals surface area contributed by atoms with Gasteiger partial charge in [0, 0.05) is 37.2 Å². The molecule has 19 heavy (non-hydrogen) atoms. The van der Waals surface area contributed by atoms with Crippen LogP contribution in [0.15, 0.2) is 54.6 Å². The van der Waals surface area contributed by atoms with Gasteiger partial charge in [-0.25, -0.2) is 0 Å². The second-order valence-electron chi connectivity index (χ2n) is 4.66. The van der Waals surface area contributed by atoms with Gasteiger partial charge in [0.2, 0.25) is 0 Å². The van der Waals surface area contributed by atoms with Crippen molar-refractivity contribution in [3.05, 3.63) is 54.6 Å². The highest BCUT2D eigenvalue weighted by molar-refractivity contribution is 5.54. The zero-order valence-corrected chi connectivity index (χ0v) is 11.3. The van der Waals surface area contributed by atoms with E-state index < -0.39 is 0 Å². The van der Waals surface area contributed by atoms with Crippen LogP contribution in [0.4, 0.5) is 17.1 Å². The molecule has 0 amide bonds. The van der Waals surface area contributed by atoms with E-state index in [1.165, 1.54) is 5.69 Å². The third kappa shape index (κ3) is 4.21. The van der Waals surface area contributed by atoms with E-state index in [4.69, 9.17) is 5.73 Å². The van der Waals surface area contributed by atoms with Gasteiger partial charge in [0.05, 0.1) is 0 Å². The Morgan fingerprint density at radius 1 is 1.05 bits per heavy atom. The molecule has 2 rings (SSSR count). The molecule has 3 N–H and O–H groups in total. The van der Waals surface area contributed by atoms with Crippen molar-refractivity contribution in [3.63, 3.8) is 0 Å². The molecule has 0 aliphatic heterocycles. The van der Waals surface area contributed by atoms with Gasteiger partial charge in [-0.1, -0.05) is 24.3 Å². The molecule has 0 fully saturated rings. The average molecular weight is 255 g/mol. The standard InChI is InChI=1S/C16H21N3/c1-19(16-9-3-2-4-10-16)12-6-11-18-15-8-5-7-14(17)13-15/h2-5,7-10,13,18H,6,11-12,17H2,1H3. The summed E-state index contributed by atoms with van der Waals surface area (Å²) in [5, 5.41) is 3.39. The van der Waals surface area contributed by atoms with Crippen LogP contribution < -0.4 is 16.0 Å². The fraction of sp³-hybridized carbons (Fsp3) is 0.250. The molecular weight excluding hydrogens is 234 g/mol. The Morgan fingerprint density at radius 3 is 2.58 bits per heavy atom.